The van der Waals surface area contributed by atoms with Crippen molar-refractivity contribution >= 4 is 27.8 Å². The summed E-state index contributed by atoms with van der Waals surface area (Å²) < 4.78 is 2.07. The molecule has 0 aromatic carbocycles. The minimum absolute atomic E-state index is 0.0353. The molecule has 0 fully saturated rings. The zero-order chi connectivity index (χ0) is 14.1. The van der Waals surface area contributed by atoms with Crippen molar-refractivity contribution in [1.82, 2.24) is 19.9 Å². The van der Waals surface area contributed by atoms with Crippen LogP contribution in [0.2, 0.25) is 0 Å². The molecule has 0 aliphatic heterocycles. The van der Waals surface area contributed by atoms with Crippen LogP contribution in [0.5, 0.6) is 0 Å². The van der Waals surface area contributed by atoms with Crippen LogP contribution in [-0.2, 0) is 18.3 Å². The molecular weight excluding hydrogens is 252 g/mol. The monoisotopic (exact) mass is 268 g/mol. The van der Waals surface area contributed by atoms with Crippen LogP contribution in [-0.4, -0.2) is 27.5 Å². The summed E-state index contributed by atoms with van der Waals surface area (Å²) in [5.41, 5.74) is 2.98. The Morgan fingerprint density at radius 3 is 2.95 bits per heavy atom. The summed E-state index contributed by atoms with van der Waals surface area (Å²) in [6, 6.07) is 6.03. The molecule has 0 saturated carbocycles. The highest BCUT2D eigenvalue weighted by Crippen LogP contribution is 2.26. The van der Waals surface area contributed by atoms with E-state index >= 15 is 0 Å². The van der Waals surface area contributed by atoms with Crippen LogP contribution in [0.4, 0.5) is 0 Å². The summed E-state index contributed by atoms with van der Waals surface area (Å²) in [5, 5.41) is 4.83. The zero-order valence-corrected chi connectivity index (χ0v) is 11.6. The number of carbonyl (C=O) groups is 1. The van der Waals surface area contributed by atoms with E-state index in [1.54, 1.807) is 13.2 Å². The van der Waals surface area contributed by atoms with E-state index in [1.807, 2.05) is 25.4 Å². The summed E-state index contributed by atoms with van der Waals surface area (Å²) in [6.45, 7) is 0. The molecule has 5 heteroatoms. The van der Waals surface area contributed by atoms with Gasteiger partial charge in [0.2, 0.25) is 5.91 Å². The van der Waals surface area contributed by atoms with Crippen molar-refractivity contribution < 1.29 is 4.79 Å². The zero-order valence-electron chi connectivity index (χ0n) is 11.6. The van der Waals surface area contributed by atoms with E-state index in [4.69, 9.17) is 0 Å². The van der Waals surface area contributed by atoms with E-state index in [0.29, 0.717) is 12.8 Å². The van der Waals surface area contributed by atoms with Gasteiger partial charge in [0.25, 0.3) is 0 Å². The highest BCUT2D eigenvalue weighted by molar-refractivity contribution is 6.06. The van der Waals surface area contributed by atoms with Crippen LogP contribution < -0.4 is 5.32 Å². The van der Waals surface area contributed by atoms with Gasteiger partial charge in [-0.25, -0.2) is 4.98 Å². The topological polar surface area (TPSA) is 59.8 Å². The first-order valence-electron chi connectivity index (χ1n) is 6.59. The van der Waals surface area contributed by atoms with Gasteiger partial charge in [-0.2, -0.15) is 0 Å². The average Bonchev–Trinajstić information content (AvgIpc) is 2.78. The lowest BCUT2D eigenvalue weighted by molar-refractivity contribution is -0.120. The van der Waals surface area contributed by atoms with Gasteiger partial charge in [-0.15, -0.1) is 0 Å². The Bertz CT molecular complexity index is 791. The Kier molecular flexibility index (Phi) is 3.10. The van der Waals surface area contributed by atoms with Gasteiger partial charge in [0.05, 0.1) is 5.52 Å². The molecule has 102 valence electrons. The quantitative estimate of drug-likeness (QED) is 0.788. The Hall–Kier alpha value is -2.43. The number of nitrogens with zero attached hydrogens (tertiary/aromatic N) is 3. The lowest BCUT2D eigenvalue weighted by atomic mass is 10.2. The lowest BCUT2D eigenvalue weighted by Crippen LogP contribution is -2.18. The van der Waals surface area contributed by atoms with E-state index < -0.39 is 0 Å². The van der Waals surface area contributed by atoms with E-state index in [1.165, 1.54) is 0 Å². The predicted octanol–water partition coefficient (Wildman–Crippen LogP) is 1.80. The van der Waals surface area contributed by atoms with Crippen molar-refractivity contribution in [2.75, 3.05) is 7.05 Å². The maximum absolute atomic E-state index is 11.3. The molecule has 3 aromatic rings. The highest BCUT2D eigenvalue weighted by Gasteiger charge is 2.10. The van der Waals surface area contributed by atoms with Gasteiger partial charge >= 0.3 is 0 Å². The summed E-state index contributed by atoms with van der Waals surface area (Å²) in [5.74, 6) is 0.0353. The van der Waals surface area contributed by atoms with Gasteiger partial charge < -0.3 is 9.88 Å². The van der Waals surface area contributed by atoms with Gasteiger partial charge in [-0.05, 0) is 24.6 Å². The molecule has 3 rings (SSSR count). The molecule has 0 saturated heterocycles. The second-order valence-corrected chi connectivity index (χ2v) is 4.80. The second kappa shape index (κ2) is 4.92. The van der Waals surface area contributed by atoms with E-state index in [0.717, 1.165) is 27.6 Å². The normalized spacial score (nSPS) is 11.1. The Labute approximate surface area is 116 Å². The first-order chi connectivity index (χ1) is 9.70. The van der Waals surface area contributed by atoms with E-state index in [2.05, 4.69) is 25.9 Å². The molecule has 0 atom stereocenters. The maximum Gasteiger partial charge on any atom is 0.220 e. The Morgan fingerprint density at radius 2 is 2.15 bits per heavy atom. The van der Waals surface area contributed by atoms with Crippen LogP contribution in [0.1, 0.15) is 12.1 Å². The summed E-state index contributed by atoms with van der Waals surface area (Å²) >= 11 is 0. The molecule has 3 aromatic heterocycles. The molecule has 1 N–H and O–H groups in total. The van der Waals surface area contributed by atoms with Gasteiger partial charge in [-0.1, -0.05) is 0 Å². The maximum atomic E-state index is 11.3. The SMILES string of the molecule is CNC(=O)CCc1ccc2c3cnccc3n(C)c2n1. The number of pyridine rings is 2. The number of amides is 1. The molecule has 1 amide bonds. The van der Waals surface area contributed by atoms with E-state index in [-0.39, 0.29) is 5.91 Å². The molecule has 3 heterocycles. The van der Waals surface area contributed by atoms with Crippen LogP contribution in [0.25, 0.3) is 21.9 Å². The van der Waals surface area contributed by atoms with Crippen molar-refractivity contribution in [2.24, 2.45) is 7.05 Å². The predicted molar refractivity (Wildman–Crippen MR) is 78.4 cm³/mol. The number of hydrogen-bond donors (Lipinski definition) is 1. The van der Waals surface area contributed by atoms with Crippen LogP contribution in [0, 0.1) is 0 Å². The van der Waals surface area contributed by atoms with Crippen LogP contribution in [0.15, 0.2) is 30.6 Å². The third-order valence-corrected chi connectivity index (χ3v) is 3.59. The minimum Gasteiger partial charge on any atom is -0.359 e. The number of rotatable bonds is 3. The fourth-order valence-electron chi connectivity index (χ4n) is 2.46. The molecule has 0 aliphatic rings. The molecule has 0 unspecified atom stereocenters. The van der Waals surface area contributed by atoms with Gasteiger partial charge in [-0.3, -0.25) is 9.78 Å². The first-order valence-corrected chi connectivity index (χ1v) is 6.59. The summed E-state index contributed by atoms with van der Waals surface area (Å²) in [7, 11) is 3.65. The second-order valence-electron chi connectivity index (χ2n) is 4.80. The molecule has 0 bridgehead atoms. The molecular formula is C15H16N4O. The lowest BCUT2D eigenvalue weighted by Gasteiger charge is -2.02. The first kappa shape index (κ1) is 12.6. The van der Waals surface area contributed by atoms with Crippen LogP contribution >= 0.6 is 0 Å². The van der Waals surface area contributed by atoms with E-state index in [9.17, 15) is 4.79 Å². The minimum atomic E-state index is 0.0353. The highest BCUT2D eigenvalue weighted by atomic mass is 16.1. The van der Waals surface area contributed by atoms with Crippen molar-refractivity contribution in [1.29, 1.82) is 0 Å². The van der Waals surface area contributed by atoms with Gasteiger partial charge in [0.1, 0.15) is 5.65 Å². The molecule has 5 nitrogen and oxygen atoms in total. The molecule has 20 heavy (non-hydrogen) atoms. The third kappa shape index (κ3) is 2.01. The van der Waals surface area contributed by atoms with Crippen molar-refractivity contribution in [3.05, 3.63) is 36.3 Å². The Morgan fingerprint density at radius 1 is 1.30 bits per heavy atom. The fourth-order valence-corrected chi connectivity index (χ4v) is 2.46. The molecule has 0 radical (unpaired) electrons. The summed E-state index contributed by atoms with van der Waals surface area (Å²) in [4.78, 5) is 20.2. The largest absolute Gasteiger partial charge is 0.359 e. The molecule has 0 spiro atoms. The van der Waals surface area contributed by atoms with Crippen molar-refractivity contribution in [2.45, 2.75) is 12.8 Å². The van der Waals surface area contributed by atoms with Gasteiger partial charge in [0.15, 0.2) is 0 Å². The smallest absolute Gasteiger partial charge is 0.220 e. The third-order valence-electron chi connectivity index (χ3n) is 3.59. The number of aromatic nitrogens is 3. The molecule has 0 aliphatic carbocycles. The number of carbonyl (C=O) groups excluding carboxylic acids is 1. The number of nitrogens with one attached hydrogen (secondary N) is 1. The van der Waals surface area contributed by atoms with Crippen molar-refractivity contribution in [3.8, 4) is 0 Å². The van der Waals surface area contributed by atoms with Crippen molar-refractivity contribution in [3.63, 3.8) is 0 Å². The standard InChI is InChI=1S/C15H16N4O/c1-16-14(20)6-4-10-3-5-11-12-9-17-8-7-13(12)19(2)15(11)18-10/h3,5,7-9H,4,6H2,1-2H3,(H,16,20). The Balaban J connectivity index is 2.05. The number of aryl methyl sites for hydroxylation is 2. The average molecular weight is 268 g/mol. The number of hydrogen-bond acceptors (Lipinski definition) is 3. The van der Waals surface area contributed by atoms with Crippen LogP contribution in [0.3, 0.4) is 0 Å². The number of fused-ring (bicyclic) bond motifs is 3. The summed E-state index contributed by atoms with van der Waals surface area (Å²) in [6.07, 6.45) is 4.76. The fraction of sp³-hybridized carbons (Fsp3) is 0.267. The van der Waals surface area contributed by atoms with Gasteiger partial charge in [0, 0.05) is 49.4 Å².